The zero-order valence-electron chi connectivity index (χ0n) is 6.17. The van der Waals surface area contributed by atoms with Crippen LogP contribution in [0.5, 0.6) is 0 Å². The summed E-state index contributed by atoms with van der Waals surface area (Å²) in [5, 5.41) is 37.3. The van der Waals surface area contributed by atoms with E-state index in [9.17, 15) is 9.90 Å². The second kappa shape index (κ2) is 3.22. The summed E-state index contributed by atoms with van der Waals surface area (Å²) < 4.78 is 0. The predicted octanol–water partition coefficient (Wildman–Crippen LogP) is -2.85. The molecule has 0 fully saturated rings. The highest BCUT2D eigenvalue weighted by molar-refractivity contribution is 5.85. The third kappa shape index (κ3) is 1.63. The van der Waals surface area contributed by atoms with E-state index < -0.39 is 24.3 Å². The monoisotopic (exact) mass is 173 g/mol. The van der Waals surface area contributed by atoms with Gasteiger partial charge in [0.15, 0.2) is 0 Å². The molecular weight excluding hydrogens is 164 g/mol. The average Bonchev–Trinajstić information content (AvgIpc) is 1.99. The van der Waals surface area contributed by atoms with Gasteiger partial charge in [-0.05, 0) is 11.6 Å². The summed E-state index contributed by atoms with van der Waals surface area (Å²) in [6, 6.07) is 0. The number of hydrogen-bond donors (Lipinski definition) is 3. The summed E-state index contributed by atoms with van der Waals surface area (Å²) in [5.74, 6) is -1.43. The number of rotatable bonds is 1. The molecule has 0 aromatic rings. The molecule has 0 amide bonds. The molecule has 0 bridgehead atoms. The van der Waals surface area contributed by atoms with Gasteiger partial charge in [0.25, 0.3) is 0 Å². The maximum absolute atomic E-state index is 10.3. The average molecular weight is 173 g/mol. The number of carbonyl (C=O) groups excluding carboxylic acids is 1. The Morgan fingerprint density at radius 1 is 1.50 bits per heavy atom. The van der Waals surface area contributed by atoms with Gasteiger partial charge < -0.3 is 25.2 Å². The molecule has 0 aromatic carbocycles. The normalized spacial score (nSPS) is 35.9. The summed E-state index contributed by atoms with van der Waals surface area (Å²) in [5.41, 5.74) is -0.180. The molecule has 0 aliphatic heterocycles. The molecule has 0 spiro atoms. The van der Waals surface area contributed by atoms with Crippen LogP contribution < -0.4 is 5.11 Å². The maximum atomic E-state index is 10.3. The molecule has 0 unspecified atom stereocenters. The Hall–Kier alpha value is -0.910. The topological polar surface area (TPSA) is 101 Å². The lowest BCUT2D eigenvalue weighted by atomic mass is 9.92. The Bertz CT molecular complexity index is 222. The fraction of sp³-hybridized carbons (Fsp3) is 0.571. The lowest BCUT2D eigenvalue weighted by Gasteiger charge is -2.27. The molecule has 0 saturated heterocycles. The summed E-state index contributed by atoms with van der Waals surface area (Å²) in [6.45, 7) is 0. The van der Waals surface area contributed by atoms with Crippen LogP contribution >= 0.6 is 0 Å². The van der Waals surface area contributed by atoms with Gasteiger partial charge in [-0.15, -0.1) is 0 Å². The molecule has 1 rings (SSSR count). The number of aliphatic carboxylic acids is 1. The van der Waals surface area contributed by atoms with Crippen molar-refractivity contribution in [3.8, 4) is 0 Å². The minimum Gasteiger partial charge on any atom is -0.545 e. The largest absolute Gasteiger partial charge is 0.545 e. The van der Waals surface area contributed by atoms with Crippen molar-refractivity contribution >= 4 is 5.97 Å². The highest BCUT2D eigenvalue weighted by Crippen LogP contribution is 2.18. The van der Waals surface area contributed by atoms with Crippen molar-refractivity contribution in [2.75, 3.05) is 0 Å². The Balaban J connectivity index is 2.81. The molecule has 5 heteroatoms. The predicted molar refractivity (Wildman–Crippen MR) is 35.7 cm³/mol. The second-order valence-electron chi connectivity index (χ2n) is 2.73. The quantitative estimate of drug-likeness (QED) is 0.396. The molecule has 3 atom stereocenters. The third-order valence-corrected chi connectivity index (χ3v) is 1.81. The van der Waals surface area contributed by atoms with Gasteiger partial charge >= 0.3 is 0 Å². The molecule has 0 aromatic heterocycles. The number of carboxylic acid groups (broad SMARTS) is 1. The van der Waals surface area contributed by atoms with Crippen LogP contribution in [0, 0.1) is 0 Å². The van der Waals surface area contributed by atoms with E-state index in [1.807, 2.05) is 0 Å². The molecule has 0 heterocycles. The Morgan fingerprint density at radius 3 is 2.50 bits per heavy atom. The van der Waals surface area contributed by atoms with Gasteiger partial charge in [0, 0.05) is 6.42 Å². The zero-order chi connectivity index (χ0) is 9.30. The highest BCUT2D eigenvalue weighted by atomic mass is 16.4. The van der Waals surface area contributed by atoms with Gasteiger partial charge in [-0.25, -0.2) is 0 Å². The molecular formula is C7H9O5-. The number of aliphatic hydroxyl groups excluding tert-OH is 3. The van der Waals surface area contributed by atoms with Gasteiger partial charge in [-0.3, -0.25) is 0 Å². The van der Waals surface area contributed by atoms with Crippen LogP contribution in [0.3, 0.4) is 0 Å². The smallest absolute Gasteiger partial charge is 0.110 e. The minimum atomic E-state index is -1.43. The fourth-order valence-corrected chi connectivity index (χ4v) is 1.10. The van der Waals surface area contributed by atoms with Crippen molar-refractivity contribution in [3.63, 3.8) is 0 Å². The van der Waals surface area contributed by atoms with E-state index in [0.29, 0.717) is 0 Å². The number of carboxylic acids is 1. The van der Waals surface area contributed by atoms with Crippen LogP contribution in [0.4, 0.5) is 0 Å². The minimum absolute atomic E-state index is 0.180. The number of aliphatic hydroxyl groups is 3. The molecule has 1 aliphatic rings. The van der Waals surface area contributed by atoms with E-state index >= 15 is 0 Å². The molecule has 0 radical (unpaired) electrons. The van der Waals surface area contributed by atoms with Crippen molar-refractivity contribution in [1.82, 2.24) is 0 Å². The molecule has 3 N–H and O–H groups in total. The fourth-order valence-electron chi connectivity index (χ4n) is 1.10. The van der Waals surface area contributed by atoms with Gasteiger partial charge in [0.2, 0.25) is 0 Å². The maximum Gasteiger partial charge on any atom is 0.110 e. The van der Waals surface area contributed by atoms with E-state index in [2.05, 4.69) is 0 Å². The van der Waals surface area contributed by atoms with E-state index in [0.717, 1.165) is 6.08 Å². The SMILES string of the molecule is O=C([O-])C1=C[C@@H](O)[C@@H](O)[C@H](O)C1. The van der Waals surface area contributed by atoms with E-state index in [1.165, 1.54) is 0 Å². The Kier molecular flexibility index (Phi) is 2.46. The van der Waals surface area contributed by atoms with Crippen LogP contribution in [0.2, 0.25) is 0 Å². The van der Waals surface area contributed by atoms with Crippen LogP contribution in [0.1, 0.15) is 6.42 Å². The van der Waals surface area contributed by atoms with Crippen molar-refractivity contribution in [2.24, 2.45) is 0 Å². The lowest BCUT2D eigenvalue weighted by molar-refractivity contribution is -0.300. The van der Waals surface area contributed by atoms with Gasteiger partial charge in [0.05, 0.1) is 12.1 Å². The van der Waals surface area contributed by atoms with Gasteiger partial charge in [-0.1, -0.05) is 0 Å². The summed E-state index contributed by atoms with van der Waals surface area (Å²) in [7, 11) is 0. The molecule has 1 aliphatic carbocycles. The van der Waals surface area contributed by atoms with Crippen molar-refractivity contribution in [2.45, 2.75) is 24.7 Å². The van der Waals surface area contributed by atoms with E-state index in [1.54, 1.807) is 0 Å². The Labute approximate surface area is 68.6 Å². The van der Waals surface area contributed by atoms with E-state index in [-0.39, 0.29) is 12.0 Å². The summed E-state index contributed by atoms with van der Waals surface area (Å²) >= 11 is 0. The van der Waals surface area contributed by atoms with Crippen LogP contribution in [-0.2, 0) is 4.79 Å². The van der Waals surface area contributed by atoms with E-state index in [4.69, 9.17) is 15.3 Å². The highest BCUT2D eigenvalue weighted by Gasteiger charge is 2.29. The van der Waals surface area contributed by atoms with Crippen LogP contribution in [-0.4, -0.2) is 39.6 Å². The van der Waals surface area contributed by atoms with Crippen molar-refractivity contribution in [3.05, 3.63) is 11.6 Å². The molecule has 5 nitrogen and oxygen atoms in total. The number of hydrogen-bond acceptors (Lipinski definition) is 5. The first-order valence-electron chi connectivity index (χ1n) is 3.48. The summed E-state index contributed by atoms with van der Waals surface area (Å²) in [4.78, 5) is 10.3. The summed E-state index contributed by atoms with van der Waals surface area (Å²) in [6.07, 6.45) is -3.10. The zero-order valence-corrected chi connectivity index (χ0v) is 6.17. The second-order valence-corrected chi connectivity index (χ2v) is 2.73. The first-order valence-corrected chi connectivity index (χ1v) is 3.48. The molecule has 68 valence electrons. The number of carbonyl (C=O) groups is 1. The standard InChI is InChI=1S/C7H10O5/c8-4-1-3(7(11)12)2-5(9)6(4)10/h1,4-6,8-10H,2H2,(H,11,12)/p-1/t4-,5-,6-/m1/s1. The van der Waals surface area contributed by atoms with Gasteiger partial charge in [0.1, 0.15) is 12.2 Å². The molecule has 12 heavy (non-hydrogen) atoms. The van der Waals surface area contributed by atoms with Gasteiger partial charge in [-0.2, -0.15) is 0 Å². The molecule has 0 saturated carbocycles. The lowest BCUT2D eigenvalue weighted by Crippen LogP contribution is -2.42. The van der Waals surface area contributed by atoms with Crippen molar-refractivity contribution < 1.29 is 25.2 Å². The Morgan fingerprint density at radius 2 is 2.08 bits per heavy atom. The van der Waals surface area contributed by atoms with Crippen molar-refractivity contribution in [1.29, 1.82) is 0 Å². The first kappa shape index (κ1) is 9.18. The van der Waals surface area contributed by atoms with Crippen LogP contribution in [0.15, 0.2) is 11.6 Å². The third-order valence-electron chi connectivity index (χ3n) is 1.81. The first-order chi connectivity index (χ1) is 5.52. The van der Waals surface area contributed by atoms with Crippen LogP contribution in [0.25, 0.3) is 0 Å².